The molecule has 1 aliphatic rings. The predicted molar refractivity (Wildman–Crippen MR) is 106 cm³/mol. The number of amides is 2. The zero-order valence-corrected chi connectivity index (χ0v) is 18.1. The molecule has 1 aliphatic heterocycles. The molecule has 8 nitrogen and oxygen atoms in total. The minimum absolute atomic E-state index is 0.00466. The Morgan fingerprint density at radius 1 is 1.25 bits per heavy atom. The largest absolute Gasteiger partial charge is 0.347 e. The molecule has 1 unspecified atom stereocenters. The molecule has 0 bridgehead atoms. The highest BCUT2D eigenvalue weighted by Gasteiger charge is 2.38. The van der Waals surface area contributed by atoms with Gasteiger partial charge < -0.3 is 19.7 Å². The van der Waals surface area contributed by atoms with E-state index in [2.05, 4.69) is 50.9 Å². The first-order chi connectivity index (χ1) is 13.2. The smallest absolute Gasteiger partial charge is 0.242 e. The van der Waals surface area contributed by atoms with E-state index in [1.165, 1.54) is 6.92 Å². The van der Waals surface area contributed by atoms with Crippen molar-refractivity contribution in [2.24, 2.45) is 5.92 Å². The van der Waals surface area contributed by atoms with Crippen molar-refractivity contribution in [2.75, 3.05) is 26.2 Å². The molecule has 0 aromatic rings. The molecule has 0 spiro atoms. The van der Waals surface area contributed by atoms with Gasteiger partial charge in [0.2, 0.25) is 18.2 Å². The van der Waals surface area contributed by atoms with Gasteiger partial charge in [0.15, 0.2) is 0 Å². The number of hydrogen-bond donors (Lipinski definition) is 1. The highest BCUT2D eigenvalue weighted by molar-refractivity contribution is 5.83. The van der Waals surface area contributed by atoms with Crippen molar-refractivity contribution in [3.63, 3.8) is 0 Å². The number of carbonyl (C=O) groups is 2. The molecule has 1 saturated heterocycles. The van der Waals surface area contributed by atoms with Crippen LogP contribution >= 0.6 is 0 Å². The lowest BCUT2D eigenvalue weighted by Gasteiger charge is -2.39. The molecule has 160 valence electrons. The predicted octanol–water partition coefficient (Wildman–Crippen LogP) is 1.71. The Balaban J connectivity index is 2.85. The number of nitrogens with one attached hydrogen (secondary N) is 1. The summed E-state index contributed by atoms with van der Waals surface area (Å²) in [5.74, 6) is -0.126. The van der Waals surface area contributed by atoms with Gasteiger partial charge in [-0.3, -0.25) is 14.5 Å². The van der Waals surface area contributed by atoms with E-state index in [1.807, 2.05) is 0 Å². The van der Waals surface area contributed by atoms with Gasteiger partial charge in [-0.2, -0.15) is 5.26 Å². The number of rotatable bonds is 11. The Hall–Kier alpha value is -1.69. The third kappa shape index (κ3) is 7.38. The van der Waals surface area contributed by atoms with Crippen LogP contribution in [0.1, 0.15) is 54.4 Å². The van der Waals surface area contributed by atoms with E-state index in [1.54, 1.807) is 4.90 Å². The Kier molecular flexibility index (Phi) is 10.4. The summed E-state index contributed by atoms with van der Waals surface area (Å²) in [4.78, 5) is 27.3. The Labute approximate surface area is 169 Å². The fourth-order valence-electron chi connectivity index (χ4n) is 3.54. The fraction of sp³-hybridized carbons (Fsp3) is 0.850. The lowest BCUT2D eigenvalue weighted by molar-refractivity contribution is -0.262. The summed E-state index contributed by atoms with van der Waals surface area (Å²) in [5, 5.41) is 11.4. The van der Waals surface area contributed by atoms with E-state index < -0.39 is 6.41 Å². The number of nitriles is 1. The molecule has 0 saturated carbocycles. The third-order valence-electron chi connectivity index (χ3n) is 4.95. The molecule has 1 N–H and O–H groups in total. The van der Waals surface area contributed by atoms with Gasteiger partial charge in [0.25, 0.3) is 0 Å². The monoisotopic (exact) mass is 396 g/mol. The molecule has 28 heavy (non-hydrogen) atoms. The minimum atomic E-state index is -0.571. The van der Waals surface area contributed by atoms with Gasteiger partial charge in [-0.25, -0.2) is 0 Å². The van der Waals surface area contributed by atoms with Crippen LogP contribution in [0, 0.1) is 17.2 Å². The lowest BCUT2D eigenvalue weighted by atomic mass is 10.0. The molecule has 0 aliphatic carbocycles. The van der Waals surface area contributed by atoms with Gasteiger partial charge in [0.1, 0.15) is 0 Å². The molecular weight excluding hydrogens is 360 g/mol. The number of nitrogens with zero attached hydrogens (tertiary/aromatic N) is 3. The summed E-state index contributed by atoms with van der Waals surface area (Å²) in [6.45, 7) is 13.2. The van der Waals surface area contributed by atoms with Crippen LogP contribution in [0.5, 0.6) is 0 Å². The highest BCUT2D eigenvalue weighted by Crippen LogP contribution is 2.26. The molecule has 0 aromatic heterocycles. The molecule has 1 heterocycles. The number of ether oxygens (including phenoxy) is 2. The molecule has 1 fully saturated rings. The van der Waals surface area contributed by atoms with Crippen molar-refractivity contribution in [3.05, 3.63) is 0 Å². The Bertz CT molecular complexity index is 539. The summed E-state index contributed by atoms with van der Waals surface area (Å²) in [5.41, 5.74) is 0. The molecule has 2 amide bonds. The first-order valence-electron chi connectivity index (χ1n) is 10.1. The summed E-state index contributed by atoms with van der Waals surface area (Å²) < 4.78 is 12.3. The first-order valence-corrected chi connectivity index (χ1v) is 10.1. The SMILES string of the molecule is CC[C@@H]1CN(C(=O)CNC(C)=O)C[C@@H]1OC(OCCC#N)N(C(C)C)C(C)C. The van der Waals surface area contributed by atoms with E-state index in [-0.39, 0.29) is 42.5 Å². The second kappa shape index (κ2) is 12.0. The van der Waals surface area contributed by atoms with Crippen LogP contribution in [-0.4, -0.2) is 72.5 Å². The summed E-state index contributed by atoms with van der Waals surface area (Å²) >= 11 is 0. The third-order valence-corrected chi connectivity index (χ3v) is 4.95. The highest BCUT2D eigenvalue weighted by atomic mass is 16.7. The van der Waals surface area contributed by atoms with E-state index >= 15 is 0 Å². The van der Waals surface area contributed by atoms with E-state index in [9.17, 15) is 9.59 Å². The van der Waals surface area contributed by atoms with Crippen molar-refractivity contribution in [1.29, 1.82) is 5.26 Å². The summed E-state index contributed by atoms with van der Waals surface area (Å²) in [7, 11) is 0. The van der Waals surface area contributed by atoms with Crippen LogP contribution in [0.3, 0.4) is 0 Å². The Morgan fingerprint density at radius 3 is 2.39 bits per heavy atom. The molecular formula is C20H36N4O4. The zero-order chi connectivity index (χ0) is 21.3. The average Bonchev–Trinajstić information content (AvgIpc) is 3.02. The van der Waals surface area contributed by atoms with Crippen LogP contribution in [-0.2, 0) is 19.1 Å². The van der Waals surface area contributed by atoms with Gasteiger partial charge in [-0.05, 0) is 34.1 Å². The standard InChI is InChI=1S/C20H36N4O4/c1-7-17-12-23(19(26)11-22-16(6)25)13-18(17)28-20(27-10-8-9-21)24(14(2)3)15(4)5/h14-15,17-18,20H,7-8,10-13H2,1-6H3,(H,22,25)/t17-,18+,20?/m1/s1. The fourth-order valence-corrected chi connectivity index (χ4v) is 3.54. The van der Waals surface area contributed by atoms with Crippen LogP contribution in [0.4, 0.5) is 0 Å². The van der Waals surface area contributed by atoms with Crippen molar-refractivity contribution >= 4 is 11.8 Å². The second-order valence-corrected chi connectivity index (χ2v) is 7.77. The average molecular weight is 397 g/mol. The summed E-state index contributed by atoms with van der Waals surface area (Å²) in [6.07, 6.45) is 0.451. The maximum absolute atomic E-state index is 12.4. The molecule has 0 radical (unpaired) electrons. The van der Waals surface area contributed by atoms with Crippen molar-refractivity contribution in [1.82, 2.24) is 15.1 Å². The van der Waals surface area contributed by atoms with Gasteiger partial charge in [0, 0.05) is 38.0 Å². The molecule has 8 heteroatoms. The van der Waals surface area contributed by atoms with Gasteiger partial charge >= 0.3 is 0 Å². The van der Waals surface area contributed by atoms with E-state index in [4.69, 9.17) is 14.7 Å². The quantitative estimate of drug-likeness (QED) is 0.422. The molecule has 1 rings (SSSR count). The normalized spacial score (nSPS) is 20.6. The van der Waals surface area contributed by atoms with Gasteiger partial charge in [-0.1, -0.05) is 6.92 Å². The first kappa shape index (κ1) is 24.3. The van der Waals surface area contributed by atoms with Gasteiger partial charge in [-0.15, -0.1) is 0 Å². The maximum atomic E-state index is 12.4. The van der Waals surface area contributed by atoms with Crippen LogP contribution in [0.15, 0.2) is 0 Å². The topological polar surface area (TPSA) is 94.9 Å². The van der Waals surface area contributed by atoms with Crippen LogP contribution < -0.4 is 5.32 Å². The van der Waals surface area contributed by atoms with Crippen molar-refractivity contribution in [2.45, 2.75) is 79.0 Å². The molecule has 0 aromatic carbocycles. The van der Waals surface area contributed by atoms with Crippen molar-refractivity contribution in [3.8, 4) is 6.07 Å². The summed E-state index contributed by atoms with van der Waals surface area (Å²) in [6, 6.07) is 2.49. The molecule has 3 atom stereocenters. The maximum Gasteiger partial charge on any atom is 0.242 e. The van der Waals surface area contributed by atoms with Crippen LogP contribution in [0.2, 0.25) is 0 Å². The number of carbonyl (C=O) groups excluding carboxylic acids is 2. The number of likely N-dealkylation sites (tertiary alicyclic amines) is 1. The number of hydrogen-bond acceptors (Lipinski definition) is 6. The van der Waals surface area contributed by atoms with E-state index in [0.717, 1.165) is 6.42 Å². The minimum Gasteiger partial charge on any atom is -0.347 e. The van der Waals surface area contributed by atoms with Gasteiger partial charge in [0.05, 0.1) is 31.7 Å². The van der Waals surface area contributed by atoms with Crippen molar-refractivity contribution < 1.29 is 19.1 Å². The zero-order valence-electron chi connectivity index (χ0n) is 18.1. The lowest BCUT2D eigenvalue weighted by Crippen LogP contribution is -2.50. The Morgan fingerprint density at radius 2 is 1.89 bits per heavy atom. The van der Waals surface area contributed by atoms with E-state index in [0.29, 0.717) is 26.1 Å². The van der Waals surface area contributed by atoms with Crippen LogP contribution in [0.25, 0.3) is 0 Å². The second-order valence-electron chi connectivity index (χ2n) is 7.77.